The molecule has 0 saturated heterocycles. The lowest BCUT2D eigenvalue weighted by Crippen LogP contribution is -2.21. The Morgan fingerprint density at radius 2 is 1.84 bits per heavy atom. The first-order valence-corrected chi connectivity index (χ1v) is 9.49. The van der Waals surface area contributed by atoms with Crippen LogP contribution in [0.3, 0.4) is 0 Å². The number of benzene rings is 1. The van der Waals surface area contributed by atoms with Crippen molar-refractivity contribution in [3.8, 4) is 0 Å². The fourth-order valence-electron chi connectivity index (χ4n) is 3.30. The molecule has 4 aromatic rings. The van der Waals surface area contributed by atoms with Gasteiger partial charge in [0.1, 0.15) is 18.6 Å². The minimum absolute atomic E-state index is 0.0358. The number of pyridine rings is 1. The van der Waals surface area contributed by atoms with Crippen LogP contribution in [-0.4, -0.2) is 35.4 Å². The number of carbonyl (C=O) groups is 1. The molecule has 0 aliphatic carbocycles. The Labute approximate surface area is 178 Å². The number of nitrogens with one attached hydrogen (secondary N) is 1. The highest BCUT2D eigenvalue weighted by molar-refractivity contribution is 5.90. The number of carbonyl (C=O) groups excluding carboxylic acids is 1. The molecule has 1 aromatic carbocycles. The Bertz CT molecular complexity index is 1250. The van der Waals surface area contributed by atoms with E-state index in [0.29, 0.717) is 12.6 Å². The van der Waals surface area contributed by atoms with Crippen molar-refractivity contribution in [2.24, 2.45) is 0 Å². The number of fused-ring (bicyclic) bond motifs is 1. The van der Waals surface area contributed by atoms with Gasteiger partial charge in [-0.25, -0.2) is 36.9 Å². The van der Waals surface area contributed by atoms with E-state index < -0.39 is 36.6 Å². The molecule has 4 rings (SSSR count). The molecule has 0 saturated carbocycles. The quantitative estimate of drug-likeness (QED) is 0.434. The van der Waals surface area contributed by atoms with Crippen molar-refractivity contribution in [1.29, 1.82) is 0 Å². The highest BCUT2D eigenvalue weighted by Gasteiger charge is 2.24. The maximum absolute atomic E-state index is 13.4. The lowest BCUT2D eigenvalue weighted by atomic mass is 10.1. The molecular formula is C20H17F4N7O. The highest BCUT2D eigenvalue weighted by atomic mass is 19.3. The van der Waals surface area contributed by atoms with Crippen LogP contribution in [0.4, 0.5) is 23.5 Å². The molecule has 0 fully saturated rings. The molecule has 0 aliphatic rings. The van der Waals surface area contributed by atoms with E-state index >= 15 is 0 Å². The number of hydrogen-bond acceptors (Lipinski definition) is 5. The molecule has 0 bridgehead atoms. The van der Waals surface area contributed by atoms with Crippen LogP contribution in [0.15, 0.2) is 42.7 Å². The predicted octanol–water partition coefficient (Wildman–Crippen LogP) is 3.89. The van der Waals surface area contributed by atoms with Gasteiger partial charge in [-0.3, -0.25) is 10.1 Å². The van der Waals surface area contributed by atoms with Crippen LogP contribution < -0.4 is 5.32 Å². The summed E-state index contributed by atoms with van der Waals surface area (Å²) in [7, 11) is 0. The van der Waals surface area contributed by atoms with Gasteiger partial charge in [0.25, 0.3) is 12.9 Å². The van der Waals surface area contributed by atoms with Gasteiger partial charge in [0.2, 0.25) is 11.9 Å². The van der Waals surface area contributed by atoms with Gasteiger partial charge in [0.15, 0.2) is 5.65 Å². The van der Waals surface area contributed by atoms with Gasteiger partial charge in [-0.1, -0.05) is 30.3 Å². The third-order valence-corrected chi connectivity index (χ3v) is 4.65. The zero-order chi connectivity index (χ0) is 22.8. The Morgan fingerprint density at radius 1 is 1.09 bits per heavy atom. The first-order chi connectivity index (χ1) is 15.3. The maximum atomic E-state index is 13.4. The molecule has 3 heterocycles. The van der Waals surface area contributed by atoms with Gasteiger partial charge >= 0.3 is 0 Å². The van der Waals surface area contributed by atoms with Gasteiger partial charge in [-0.05, 0) is 18.6 Å². The zero-order valence-electron chi connectivity index (χ0n) is 16.7. The van der Waals surface area contributed by atoms with Crippen molar-refractivity contribution in [3.63, 3.8) is 0 Å². The van der Waals surface area contributed by atoms with Crippen LogP contribution in [-0.2, 0) is 17.9 Å². The zero-order valence-corrected chi connectivity index (χ0v) is 16.7. The molecule has 32 heavy (non-hydrogen) atoms. The number of aryl methyl sites for hydroxylation is 1. The molecule has 166 valence electrons. The largest absolute Gasteiger partial charge is 0.292 e. The van der Waals surface area contributed by atoms with Crippen molar-refractivity contribution >= 4 is 22.9 Å². The van der Waals surface area contributed by atoms with E-state index in [2.05, 4.69) is 25.5 Å². The summed E-state index contributed by atoms with van der Waals surface area (Å²) < 4.78 is 55.7. The molecule has 0 aliphatic heterocycles. The SMILES string of the molecule is Cc1nn(CC(=O)Nc2ncn(Cc3ccccc3)n2)c2nc(C(F)F)cc(C(F)F)c12. The predicted molar refractivity (Wildman–Crippen MR) is 106 cm³/mol. The molecular weight excluding hydrogens is 430 g/mol. The number of alkyl halides is 4. The van der Waals surface area contributed by atoms with Crippen LogP contribution >= 0.6 is 0 Å². The summed E-state index contributed by atoms with van der Waals surface area (Å²) in [6, 6.07) is 10.2. The lowest BCUT2D eigenvalue weighted by Gasteiger charge is -2.08. The number of amides is 1. The van der Waals surface area contributed by atoms with Crippen LogP contribution in [0, 0.1) is 6.92 Å². The lowest BCUT2D eigenvalue weighted by molar-refractivity contribution is -0.116. The van der Waals surface area contributed by atoms with Gasteiger partial charge in [-0.15, -0.1) is 5.10 Å². The Hall–Kier alpha value is -3.83. The Balaban J connectivity index is 1.54. The Kier molecular flexibility index (Phi) is 5.84. The van der Waals surface area contributed by atoms with E-state index in [1.807, 2.05) is 30.3 Å². The van der Waals surface area contributed by atoms with E-state index in [-0.39, 0.29) is 22.7 Å². The highest BCUT2D eigenvalue weighted by Crippen LogP contribution is 2.32. The number of halogens is 4. The average molecular weight is 447 g/mol. The summed E-state index contributed by atoms with van der Waals surface area (Å²) in [6.45, 7) is 1.45. The van der Waals surface area contributed by atoms with Crippen molar-refractivity contribution in [3.05, 3.63) is 65.2 Å². The van der Waals surface area contributed by atoms with Gasteiger partial charge < -0.3 is 0 Å². The second kappa shape index (κ2) is 8.73. The van der Waals surface area contributed by atoms with Crippen molar-refractivity contribution < 1.29 is 22.4 Å². The summed E-state index contributed by atoms with van der Waals surface area (Å²) in [5.74, 6) is -0.580. The maximum Gasteiger partial charge on any atom is 0.280 e. The fraction of sp³-hybridized carbons (Fsp3) is 0.250. The van der Waals surface area contributed by atoms with E-state index in [1.165, 1.54) is 17.9 Å². The van der Waals surface area contributed by atoms with Crippen molar-refractivity contribution in [2.45, 2.75) is 32.9 Å². The normalized spacial score (nSPS) is 11.6. The standard InChI is InChI=1S/C20H17F4N7O/c1-11-16-13(17(21)22)7-14(18(23)24)26-19(16)31(28-11)9-15(32)27-20-25-10-30(29-20)8-12-5-3-2-4-6-12/h2-7,10,17-18H,8-9H2,1H3,(H,27,29,32). The third-order valence-electron chi connectivity index (χ3n) is 4.65. The van der Waals surface area contributed by atoms with Crippen molar-refractivity contribution in [1.82, 2.24) is 29.5 Å². The molecule has 12 heteroatoms. The van der Waals surface area contributed by atoms with Crippen LogP contribution in [0.5, 0.6) is 0 Å². The summed E-state index contributed by atoms with van der Waals surface area (Å²) in [5, 5.41) is 10.6. The van der Waals surface area contributed by atoms with Gasteiger partial charge in [0, 0.05) is 5.56 Å². The molecule has 8 nitrogen and oxygen atoms in total. The van der Waals surface area contributed by atoms with Crippen LogP contribution in [0.2, 0.25) is 0 Å². The average Bonchev–Trinajstić information content (AvgIpc) is 3.31. The van der Waals surface area contributed by atoms with Crippen LogP contribution in [0.1, 0.15) is 35.4 Å². The minimum Gasteiger partial charge on any atom is -0.292 e. The van der Waals surface area contributed by atoms with E-state index in [0.717, 1.165) is 10.2 Å². The fourth-order valence-corrected chi connectivity index (χ4v) is 3.30. The summed E-state index contributed by atoms with van der Waals surface area (Å²) in [5.41, 5.74) is -0.481. The number of aromatic nitrogens is 6. The van der Waals surface area contributed by atoms with Crippen LogP contribution in [0.25, 0.3) is 11.0 Å². The first kappa shape index (κ1) is 21.4. The first-order valence-electron chi connectivity index (χ1n) is 9.49. The third kappa shape index (κ3) is 4.43. The number of rotatable bonds is 7. The van der Waals surface area contributed by atoms with Gasteiger partial charge in [0.05, 0.1) is 17.6 Å². The van der Waals surface area contributed by atoms with E-state index in [9.17, 15) is 22.4 Å². The number of nitrogens with zero attached hydrogens (tertiary/aromatic N) is 6. The Morgan fingerprint density at radius 3 is 2.53 bits per heavy atom. The number of anilines is 1. The summed E-state index contributed by atoms with van der Waals surface area (Å²) >= 11 is 0. The molecule has 0 unspecified atom stereocenters. The second-order valence-electron chi connectivity index (χ2n) is 6.98. The number of hydrogen-bond donors (Lipinski definition) is 1. The topological polar surface area (TPSA) is 90.5 Å². The molecule has 0 spiro atoms. The summed E-state index contributed by atoms with van der Waals surface area (Å²) in [6.07, 6.45) is -4.60. The molecule has 0 atom stereocenters. The van der Waals surface area contributed by atoms with Gasteiger partial charge in [-0.2, -0.15) is 5.10 Å². The van der Waals surface area contributed by atoms with Crippen molar-refractivity contribution in [2.75, 3.05) is 5.32 Å². The summed E-state index contributed by atoms with van der Waals surface area (Å²) in [4.78, 5) is 20.2. The van der Waals surface area contributed by atoms with E-state index in [4.69, 9.17) is 0 Å². The molecule has 0 radical (unpaired) electrons. The molecule has 3 aromatic heterocycles. The molecule has 1 N–H and O–H groups in total. The molecule has 1 amide bonds. The smallest absolute Gasteiger partial charge is 0.280 e. The second-order valence-corrected chi connectivity index (χ2v) is 6.98. The monoisotopic (exact) mass is 447 g/mol. The minimum atomic E-state index is -3.05. The van der Waals surface area contributed by atoms with E-state index in [1.54, 1.807) is 0 Å².